The summed E-state index contributed by atoms with van der Waals surface area (Å²) in [5.74, 6) is 0.866. The van der Waals surface area contributed by atoms with E-state index in [4.69, 9.17) is 0 Å². The van der Waals surface area contributed by atoms with Crippen molar-refractivity contribution in [1.29, 1.82) is 0 Å². The normalized spacial score (nSPS) is 21.5. The van der Waals surface area contributed by atoms with Gasteiger partial charge in [-0.3, -0.25) is 4.79 Å². The second-order valence-electron chi connectivity index (χ2n) is 6.78. The lowest BCUT2D eigenvalue weighted by molar-refractivity contribution is -0.127. The topological polar surface area (TPSA) is 41.1 Å². The highest BCUT2D eigenvalue weighted by molar-refractivity contribution is 5.85. The number of nitrogens with one attached hydrogen (secondary N) is 2. The number of rotatable bonds is 5. The smallest absolute Gasteiger partial charge is 0.223 e. The molecule has 0 spiro atoms. The number of benzene rings is 1. The van der Waals surface area contributed by atoms with Gasteiger partial charge in [0.05, 0.1) is 0 Å². The molecule has 1 aromatic carbocycles. The number of amides is 1. The molecule has 0 bridgehead atoms. The maximum Gasteiger partial charge on any atom is 0.223 e. The van der Waals surface area contributed by atoms with E-state index in [-0.39, 0.29) is 29.6 Å². The zero-order valence-corrected chi connectivity index (χ0v) is 14.1. The fraction of sp³-hybridized carbons (Fsp3) is 0.611. The molecule has 2 N–H and O–H groups in total. The monoisotopic (exact) mass is 322 g/mol. The van der Waals surface area contributed by atoms with Crippen molar-refractivity contribution in [3.63, 3.8) is 0 Å². The molecular formula is C18H27ClN2O. The fourth-order valence-corrected chi connectivity index (χ4v) is 3.71. The summed E-state index contributed by atoms with van der Waals surface area (Å²) in [6.07, 6.45) is 4.92. The molecule has 1 aromatic rings. The van der Waals surface area contributed by atoms with Gasteiger partial charge in [-0.1, -0.05) is 50.1 Å². The van der Waals surface area contributed by atoms with E-state index in [1.165, 1.54) is 31.2 Å². The fourth-order valence-electron chi connectivity index (χ4n) is 3.71. The van der Waals surface area contributed by atoms with Crippen LogP contribution >= 0.6 is 12.4 Å². The first kappa shape index (κ1) is 17.3. The molecular weight excluding hydrogens is 296 g/mol. The molecule has 1 saturated heterocycles. The summed E-state index contributed by atoms with van der Waals surface area (Å²) in [5.41, 5.74) is 1.55. The summed E-state index contributed by atoms with van der Waals surface area (Å²) in [6, 6.07) is 10.7. The molecule has 1 unspecified atom stereocenters. The van der Waals surface area contributed by atoms with E-state index < -0.39 is 0 Å². The maximum absolute atomic E-state index is 12.4. The minimum Gasteiger partial charge on any atom is -0.355 e. The number of carbonyl (C=O) groups excluding carboxylic acids is 1. The van der Waals surface area contributed by atoms with Crippen molar-refractivity contribution >= 4 is 18.3 Å². The Hall–Kier alpha value is -1.06. The van der Waals surface area contributed by atoms with Gasteiger partial charge < -0.3 is 10.6 Å². The van der Waals surface area contributed by atoms with Crippen LogP contribution < -0.4 is 10.6 Å². The van der Waals surface area contributed by atoms with Crippen molar-refractivity contribution in [1.82, 2.24) is 10.6 Å². The average Bonchev–Trinajstić information content (AvgIpc) is 2.94. The van der Waals surface area contributed by atoms with E-state index in [0.717, 1.165) is 19.6 Å². The Balaban J connectivity index is 0.00000176. The van der Waals surface area contributed by atoms with Crippen LogP contribution in [0.5, 0.6) is 0 Å². The van der Waals surface area contributed by atoms with Crippen LogP contribution in [-0.4, -0.2) is 25.5 Å². The van der Waals surface area contributed by atoms with E-state index in [0.29, 0.717) is 5.92 Å². The highest BCUT2D eigenvalue weighted by Crippen LogP contribution is 2.40. The van der Waals surface area contributed by atoms with Crippen LogP contribution in [-0.2, 0) is 10.2 Å². The first-order valence-corrected chi connectivity index (χ1v) is 8.25. The van der Waals surface area contributed by atoms with Gasteiger partial charge in [0, 0.05) is 17.9 Å². The Labute approximate surface area is 139 Å². The standard InChI is InChI=1S/C18H26N2O.ClH/c1-14(15-11-19-12-15)17(21)20-13-18(9-5-6-10-18)16-7-3-2-4-8-16;/h2-4,7-8,14-15,19H,5-6,9-13H2,1H3,(H,20,21);1H. The van der Waals surface area contributed by atoms with Gasteiger partial charge in [-0.2, -0.15) is 0 Å². The third-order valence-corrected chi connectivity index (χ3v) is 5.48. The van der Waals surface area contributed by atoms with Crippen LogP contribution in [0.15, 0.2) is 30.3 Å². The molecule has 1 saturated carbocycles. The number of halogens is 1. The lowest BCUT2D eigenvalue weighted by Crippen LogP contribution is -2.51. The Morgan fingerprint density at radius 3 is 2.45 bits per heavy atom. The zero-order valence-electron chi connectivity index (χ0n) is 13.3. The molecule has 1 aliphatic heterocycles. The Morgan fingerprint density at radius 2 is 1.91 bits per heavy atom. The van der Waals surface area contributed by atoms with Crippen LogP contribution in [0.1, 0.15) is 38.2 Å². The van der Waals surface area contributed by atoms with Crippen LogP contribution in [0.25, 0.3) is 0 Å². The second-order valence-corrected chi connectivity index (χ2v) is 6.78. The first-order chi connectivity index (χ1) is 10.2. The van der Waals surface area contributed by atoms with Gasteiger partial charge in [-0.05, 0) is 37.4 Å². The van der Waals surface area contributed by atoms with Gasteiger partial charge >= 0.3 is 0 Å². The predicted molar refractivity (Wildman–Crippen MR) is 92.4 cm³/mol. The second kappa shape index (κ2) is 7.47. The summed E-state index contributed by atoms with van der Waals surface area (Å²) in [4.78, 5) is 12.4. The minimum absolute atomic E-state index is 0. The van der Waals surface area contributed by atoms with Crippen LogP contribution in [0.3, 0.4) is 0 Å². The van der Waals surface area contributed by atoms with Crippen molar-refractivity contribution in [2.75, 3.05) is 19.6 Å². The van der Waals surface area contributed by atoms with Gasteiger partial charge in [0.25, 0.3) is 0 Å². The Morgan fingerprint density at radius 1 is 1.27 bits per heavy atom. The number of carbonyl (C=O) groups is 1. The van der Waals surface area contributed by atoms with Gasteiger partial charge in [0.15, 0.2) is 0 Å². The summed E-state index contributed by atoms with van der Waals surface area (Å²) >= 11 is 0. The summed E-state index contributed by atoms with van der Waals surface area (Å²) in [5, 5.41) is 6.49. The minimum atomic E-state index is 0. The van der Waals surface area contributed by atoms with E-state index in [1.54, 1.807) is 0 Å². The van der Waals surface area contributed by atoms with Crippen molar-refractivity contribution in [3.05, 3.63) is 35.9 Å². The molecule has 4 heteroatoms. The van der Waals surface area contributed by atoms with Gasteiger partial charge in [-0.15, -0.1) is 12.4 Å². The first-order valence-electron chi connectivity index (χ1n) is 8.25. The molecule has 3 nitrogen and oxygen atoms in total. The number of hydrogen-bond acceptors (Lipinski definition) is 2. The largest absolute Gasteiger partial charge is 0.355 e. The van der Waals surface area contributed by atoms with Gasteiger partial charge in [0.1, 0.15) is 0 Å². The van der Waals surface area contributed by atoms with E-state index in [9.17, 15) is 4.79 Å². The lowest BCUT2D eigenvalue weighted by Gasteiger charge is -2.34. The molecule has 122 valence electrons. The van der Waals surface area contributed by atoms with E-state index in [1.807, 2.05) is 0 Å². The van der Waals surface area contributed by atoms with Crippen molar-refractivity contribution in [2.24, 2.45) is 11.8 Å². The van der Waals surface area contributed by atoms with Gasteiger partial charge in [-0.25, -0.2) is 0 Å². The molecule has 0 radical (unpaired) electrons. The van der Waals surface area contributed by atoms with E-state index in [2.05, 4.69) is 47.9 Å². The summed E-state index contributed by atoms with van der Waals surface area (Å²) in [7, 11) is 0. The molecule has 2 fully saturated rings. The van der Waals surface area contributed by atoms with E-state index >= 15 is 0 Å². The lowest BCUT2D eigenvalue weighted by atomic mass is 9.78. The molecule has 22 heavy (non-hydrogen) atoms. The predicted octanol–water partition coefficient (Wildman–Crippen LogP) is 2.89. The zero-order chi connectivity index (χ0) is 14.7. The maximum atomic E-state index is 12.4. The molecule has 1 atom stereocenters. The molecule has 1 aliphatic carbocycles. The van der Waals surface area contributed by atoms with Crippen LogP contribution in [0, 0.1) is 11.8 Å². The average molecular weight is 323 g/mol. The summed E-state index contributed by atoms with van der Waals surface area (Å²) < 4.78 is 0. The van der Waals surface area contributed by atoms with Crippen LogP contribution in [0.4, 0.5) is 0 Å². The Bertz CT molecular complexity index is 481. The third kappa shape index (κ3) is 3.47. The Kier molecular flexibility index (Phi) is 5.87. The van der Waals surface area contributed by atoms with Crippen molar-refractivity contribution in [2.45, 2.75) is 38.0 Å². The van der Waals surface area contributed by atoms with Crippen molar-refractivity contribution in [3.8, 4) is 0 Å². The molecule has 2 aliphatic rings. The third-order valence-electron chi connectivity index (χ3n) is 5.48. The molecule has 3 rings (SSSR count). The summed E-state index contributed by atoms with van der Waals surface area (Å²) in [6.45, 7) is 4.82. The molecule has 1 heterocycles. The van der Waals surface area contributed by atoms with Gasteiger partial charge in [0.2, 0.25) is 5.91 Å². The van der Waals surface area contributed by atoms with Crippen molar-refractivity contribution < 1.29 is 4.79 Å². The van der Waals surface area contributed by atoms with Crippen LogP contribution in [0.2, 0.25) is 0 Å². The molecule has 1 amide bonds. The number of hydrogen-bond donors (Lipinski definition) is 2. The SMILES string of the molecule is CC(C(=O)NCC1(c2ccccc2)CCCC1)C1CNC1.Cl. The highest BCUT2D eigenvalue weighted by Gasteiger charge is 2.37. The molecule has 0 aromatic heterocycles. The highest BCUT2D eigenvalue weighted by atomic mass is 35.5. The quantitative estimate of drug-likeness (QED) is 0.875.